The first-order valence-corrected chi connectivity index (χ1v) is 9.92. The Kier molecular flexibility index (Phi) is 5.91. The average Bonchev–Trinajstić information content (AvgIpc) is 2.97. The lowest BCUT2D eigenvalue weighted by Crippen LogP contribution is -2.05. The number of phenols is 1. The summed E-state index contributed by atoms with van der Waals surface area (Å²) < 4.78 is 5.22. The molecule has 2 aromatic carbocycles. The number of aliphatic imine (C=N–C) groups is 1. The molecule has 3 rings (SSSR count). The molecule has 5 heteroatoms. The third-order valence-electron chi connectivity index (χ3n) is 4.44. The highest BCUT2D eigenvalue weighted by molar-refractivity contribution is 7.16. The minimum absolute atomic E-state index is 0.191. The van der Waals surface area contributed by atoms with E-state index in [1.807, 2.05) is 43.3 Å². The fourth-order valence-electron chi connectivity index (χ4n) is 3.05. The third kappa shape index (κ3) is 3.88. The maximum atomic E-state index is 12.4. The smallest absolute Gasteiger partial charge is 0.341 e. The number of rotatable bonds is 6. The van der Waals surface area contributed by atoms with E-state index in [4.69, 9.17) is 4.74 Å². The van der Waals surface area contributed by atoms with Crippen molar-refractivity contribution >= 4 is 39.3 Å². The lowest BCUT2D eigenvalue weighted by molar-refractivity contribution is 0.0527. The Morgan fingerprint density at radius 2 is 2.00 bits per heavy atom. The van der Waals surface area contributed by atoms with Crippen molar-refractivity contribution in [3.8, 4) is 5.75 Å². The number of carbonyl (C=O) groups excluding carboxylic acids is 1. The minimum Gasteiger partial charge on any atom is -0.507 e. The number of thiophene rings is 1. The van der Waals surface area contributed by atoms with Crippen LogP contribution in [0.15, 0.2) is 41.4 Å². The molecule has 0 atom stereocenters. The van der Waals surface area contributed by atoms with Crippen LogP contribution in [0.2, 0.25) is 0 Å². The van der Waals surface area contributed by atoms with Crippen molar-refractivity contribution in [1.82, 2.24) is 0 Å². The highest BCUT2D eigenvalue weighted by Crippen LogP contribution is 2.37. The summed E-state index contributed by atoms with van der Waals surface area (Å²) in [7, 11) is 0. The number of fused-ring (bicyclic) bond motifs is 1. The molecule has 27 heavy (non-hydrogen) atoms. The van der Waals surface area contributed by atoms with Crippen molar-refractivity contribution in [1.29, 1.82) is 0 Å². The van der Waals surface area contributed by atoms with Gasteiger partial charge in [0.2, 0.25) is 0 Å². The molecule has 140 valence electrons. The molecule has 0 unspecified atom stereocenters. The van der Waals surface area contributed by atoms with Crippen LogP contribution in [0.5, 0.6) is 5.75 Å². The maximum Gasteiger partial charge on any atom is 0.341 e. The van der Waals surface area contributed by atoms with Gasteiger partial charge in [-0.05, 0) is 37.3 Å². The van der Waals surface area contributed by atoms with Gasteiger partial charge in [0, 0.05) is 22.0 Å². The lowest BCUT2D eigenvalue weighted by Gasteiger charge is -2.04. The van der Waals surface area contributed by atoms with Gasteiger partial charge in [-0.25, -0.2) is 9.79 Å². The molecule has 0 aliphatic carbocycles. The first-order chi connectivity index (χ1) is 13.1. The van der Waals surface area contributed by atoms with E-state index in [-0.39, 0.29) is 11.7 Å². The summed E-state index contributed by atoms with van der Waals surface area (Å²) in [5.41, 5.74) is 2.09. The van der Waals surface area contributed by atoms with Crippen molar-refractivity contribution in [3.05, 3.63) is 58.0 Å². The fraction of sp³-hybridized carbons (Fsp3) is 0.273. The Bertz CT molecular complexity index is 1000. The van der Waals surface area contributed by atoms with E-state index in [0.29, 0.717) is 22.7 Å². The van der Waals surface area contributed by atoms with Crippen LogP contribution in [-0.2, 0) is 11.2 Å². The van der Waals surface area contributed by atoms with Gasteiger partial charge in [-0.1, -0.05) is 43.7 Å². The number of aromatic hydroxyl groups is 1. The second kappa shape index (κ2) is 8.35. The third-order valence-corrected chi connectivity index (χ3v) is 5.70. The summed E-state index contributed by atoms with van der Waals surface area (Å²) in [4.78, 5) is 18.1. The number of aryl methyl sites for hydroxylation is 1. The van der Waals surface area contributed by atoms with Crippen LogP contribution in [0, 0.1) is 6.92 Å². The molecule has 0 saturated heterocycles. The summed E-state index contributed by atoms with van der Waals surface area (Å²) in [5.74, 6) is -0.153. The van der Waals surface area contributed by atoms with Gasteiger partial charge in [-0.2, -0.15) is 0 Å². The Morgan fingerprint density at radius 1 is 1.22 bits per heavy atom. The lowest BCUT2D eigenvalue weighted by atomic mass is 10.1. The van der Waals surface area contributed by atoms with Gasteiger partial charge in [0.15, 0.2) is 0 Å². The molecule has 0 amide bonds. The summed E-state index contributed by atoms with van der Waals surface area (Å²) in [5, 5.41) is 12.9. The number of carbonyl (C=O) groups is 1. The summed E-state index contributed by atoms with van der Waals surface area (Å²) in [6.07, 6.45) is 3.52. The molecule has 1 N–H and O–H groups in total. The van der Waals surface area contributed by atoms with Gasteiger partial charge in [0.1, 0.15) is 10.8 Å². The van der Waals surface area contributed by atoms with Crippen molar-refractivity contribution in [3.63, 3.8) is 0 Å². The molecule has 0 fully saturated rings. The molecule has 0 saturated carbocycles. The monoisotopic (exact) mass is 381 g/mol. The summed E-state index contributed by atoms with van der Waals surface area (Å²) >= 11 is 1.51. The van der Waals surface area contributed by atoms with Crippen LogP contribution in [0.25, 0.3) is 10.8 Å². The quantitative estimate of drug-likeness (QED) is 0.434. The highest BCUT2D eigenvalue weighted by atomic mass is 32.1. The van der Waals surface area contributed by atoms with Crippen molar-refractivity contribution in [2.45, 2.75) is 33.6 Å². The molecule has 0 bridgehead atoms. The molecular weight excluding hydrogens is 358 g/mol. The molecule has 3 aromatic rings. The zero-order valence-corrected chi connectivity index (χ0v) is 16.6. The van der Waals surface area contributed by atoms with Crippen molar-refractivity contribution in [2.24, 2.45) is 4.99 Å². The van der Waals surface area contributed by atoms with Gasteiger partial charge < -0.3 is 9.84 Å². The van der Waals surface area contributed by atoms with Crippen LogP contribution in [-0.4, -0.2) is 23.9 Å². The van der Waals surface area contributed by atoms with Gasteiger partial charge in [-0.3, -0.25) is 0 Å². The average molecular weight is 381 g/mol. The highest BCUT2D eigenvalue weighted by Gasteiger charge is 2.21. The van der Waals surface area contributed by atoms with Gasteiger partial charge in [0.05, 0.1) is 12.2 Å². The Labute approximate surface area is 163 Å². The standard InChI is InChI=1S/C22H23NO3S/c1-4-8-18-14(3)19(22(25)26-5-2)21(27-18)23-13-16-12-11-15-9-6-7-10-17(15)20(16)24/h6-7,9-13,24H,4-5,8H2,1-3H3. The normalized spacial score (nSPS) is 11.4. The van der Waals surface area contributed by atoms with Gasteiger partial charge >= 0.3 is 5.97 Å². The molecular formula is C22H23NO3S. The van der Waals surface area contributed by atoms with Crippen LogP contribution in [0.1, 0.15) is 46.6 Å². The van der Waals surface area contributed by atoms with Crippen molar-refractivity contribution in [2.75, 3.05) is 6.61 Å². The molecule has 1 heterocycles. The van der Waals surface area contributed by atoms with Gasteiger partial charge in [-0.15, -0.1) is 11.3 Å². The van der Waals surface area contributed by atoms with E-state index in [1.165, 1.54) is 11.3 Å². The van der Waals surface area contributed by atoms with Crippen LogP contribution in [0.3, 0.4) is 0 Å². The van der Waals surface area contributed by atoms with E-state index >= 15 is 0 Å². The Hall–Kier alpha value is -2.66. The molecule has 0 aliphatic heterocycles. The number of benzene rings is 2. The summed E-state index contributed by atoms with van der Waals surface area (Å²) in [6.45, 7) is 6.17. The molecule has 4 nitrogen and oxygen atoms in total. The zero-order chi connectivity index (χ0) is 19.4. The second-order valence-electron chi connectivity index (χ2n) is 6.28. The predicted octanol–water partition coefficient (Wildman–Crippen LogP) is 5.80. The number of ether oxygens (including phenoxy) is 1. The number of nitrogens with zero attached hydrogens (tertiary/aromatic N) is 1. The SMILES string of the molecule is CCCc1sc(N=Cc2ccc3ccccc3c2O)c(C(=O)OCC)c1C. The number of hydrogen-bond donors (Lipinski definition) is 1. The van der Waals surface area contributed by atoms with Gasteiger partial charge in [0.25, 0.3) is 0 Å². The summed E-state index contributed by atoms with van der Waals surface area (Å²) in [6, 6.07) is 11.4. The van der Waals surface area contributed by atoms with Crippen LogP contribution in [0.4, 0.5) is 5.00 Å². The Morgan fingerprint density at radius 3 is 2.74 bits per heavy atom. The molecule has 0 radical (unpaired) electrons. The Balaban J connectivity index is 2.03. The molecule has 1 aromatic heterocycles. The van der Waals surface area contributed by atoms with Crippen LogP contribution < -0.4 is 0 Å². The topological polar surface area (TPSA) is 58.9 Å². The second-order valence-corrected chi connectivity index (χ2v) is 7.37. The fourth-order valence-corrected chi connectivity index (χ4v) is 4.29. The van der Waals surface area contributed by atoms with E-state index < -0.39 is 0 Å². The zero-order valence-electron chi connectivity index (χ0n) is 15.8. The minimum atomic E-state index is -0.344. The number of esters is 1. The predicted molar refractivity (Wildman–Crippen MR) is 112 cm³/mol. The maximum absolute atomic E-state index is 12.4. The van der Waals surface area contributed by atoms with E-state index in [9.17, 15) is 9.90 Å². The van der Waals surface area contributed by atoms with E-state index in [0.717, 1.165) is 34.1 Å². The molecule has 0 spiro atoms. The first kappa shape index (κ1) is 19.1. The molecule has 0 aliphatic rings. The van der Waals surface area contributed by atoms with Crippen LogP contribution >= 0.6 is 11.3 Å². The van der Waals surface area contributed by atoms with E-state index in [1.54, 1.807) is 13.1 Å². The largest absolute Gasteiger partial charge is 0.507 e. The number of hydrogen-bond acceptors (Lipinski definition) is 5. The number of phenolic OH excluding ortho intramolecular Hbond substituents is 1. The van der Waals surface area contributed by atoms with E-state index in [2.05, 4.69) is 11.9 Å². The van der Waals surface area contributed by atoms with Crippen molar-refractivity contribution < 1.29 is 14.6 Å². The first-order valence-electron chi connectivity index (χ1n) is 9.11.